The summed E-state index contributed by atoms with van der Waals surface area (Å²) in [6, 6.07) is 1.53. The summed E-state index contributed by atoms with van der Waals surface area (Å²) in [6.07, 6.45) is 1.57. The van der Waals surface area contributed by atoms with Crippen molar-refractivity contribution in [3.63, 3.8) is 0 Å². The molecule has 152 valence electrons. The predicted octanol–water partition coefficient (Wildman–Crippen LogP) is 1.89. The van der Waals surface area contributed by atoms with Gasteiger partial charge < -0.3 is 14.8 Å². The lowest BCUT2D eigenvalue weighted by molar-refractivity contribution is -0.147. The van der Waals surface area contributed by atoms with Crippen LogP contribution in [0.15, 0.2) is 12.7 Å². The van der Waals surface area contributed by atoms with E-state index in [-0.39, 0.29) is 25.4 Å². The van der Waals surface area contributed by atoms with Gasteiger partial charge in [-0.25, -0.2) is 9.59 Å². The van der Waals surface area contributed by atoms with Crippen LogP contribution in [0.1, 0.15) is 19.3 Å². The van der Waals surface area contributed by atoms with Crippen LogP contribution in [-0.2, 0) is 23.9 Å². The minimum absolute atomic E-state index is 0.0548. The Kier molecular flexibility index (Phi) is 12.6. The third kappa shape index (κ3) is 14.5. The molecule has 0 rings (SSSR count). The smallest absolute Gasteiger partial charge is 0.431 e. The highest BCUT2D eigenvalue weighted by Crippen LogP contribution is 2.07. The number of allylic oxidation sites excluding steroid dienone is 1. The van der Waals surface area contributed by atoms with Crippen LogP contribution in [-0.4, -0.2) is 51.9 Å². The molecule has 1 atom stereocenters. The number of carbonyl (C=O) groups excluding carboxylic acids is 3. The number of hydroxylamine groups is 1. The molecule has 9 nitrogen and oxygen atoms in total. The number of hydrogen-bond acceptors (Lipinski definition) is 7. The number of esters is 1. The summed E-state index contributed by atoms with van der Waals surface area (Å²) < 4.78 is 9.71. The van der Waals surface area contributed by atoms with E-state index in [0.29, 0.717) is 13.0 Å². The van der Waals surface area contributed by atoms with Gasteiger partial charge in [-0.3, -0.25) is 9.63 Å². The van der Waals surface area contributed by atoms with Crippen molar-refractivity contribution in [3.05, 3.63) is 12.7 Å². The molecule has 27 heavy (non-hydrogen) atoms. The summed E-state index contributed by atoms with van der Waals surface area (Å²) in [5.41, 5.74) is 2.12. The Morgan fingerprint density at radius 3 is 2.52 bits per heavy atom. The van der Waals surface area contributed by atoms with Crippen molar-refractivity contribution in [2.24, 2.45) is 0 Å². The lowest BCUT2D eigenvalue weighted by atomic mass is 10.2. The van der Waals surface area contributed by atoms with Gasteiger partial charge in [0, 0.05) is 20.9 Å². The van der Waals surface area contributed by atoms with E-state index in [9.17, 15) is 14.4 Å². The Bertz CT molecular complexity index is 542. The average molecular weight is 400 g/mol. The molecule has 2 N–H and O–H groups in total. The molecule has 0 radical (unpaired) electrons. The van der Waals surface area contributed by atoms with Gasteiger partial charge >= 0.3 is 12.1 Å². The van der Waals surface area contributed by atoms with Gasteiger partial charge in [-0.15, -0.1) is 6.58 Å². The highest BCUT2D eigenvalue weighted by molar-refractivity contribution is 6.76. The van der Waals surface area contributed by atoms with Crippen molar-refractivity contribution in [1.29, 1.82) is 5.26 Å². The number of nitrogens with zero attached hydrogens (tertiary/aromatic N) is 1. The lowest BCUT2D eigenvalue weighted by Gasteiger charge is -2.17. The number of nitrogens with one attached hydrogen (secondary N) is 2. The molecular weight excluding hydrogens is 370 g/mol. The molecule has 0 bridgehead atoms. The van der Waals surface area contributed by atoms with E-state index in [1.807, 2.05) is 0 Å². The number of rotatable bonds is 13. The number of carbonyl (C=O) groups is 3. The zero-order valence-electron chi connectivity index (χ0n) is 16.2. The van der Waals surface area contributed by atoms with E-state index in [1.165, 1.54) is 0 Å². The molecule has 2 amide bonds. The van der Waals surface area contributed by atoms with Crippen LogP contribution in [0.2, 0.25) is 25.7 Å². The Morgan fingerprint density at radius 1 is 1.22 bits per heavy atom. The van der Waals surface area contributed by atoms with Crippen molar-refractivity contribution in [2.75, 3.05) is 19.8 Å². The summed E-state index contributed by atoms with van der Waals surface area (Å²) >= 11 is 0. The number of amides is 2. The van der Waals surface area contributed by atoms with Crippen molar-refractivity contribution >= 4 is 26.0 Å². The van der Waals surface area contributed by atoms with Crippen molar-refractivity contribution in [2.45, 2.75) is 51.0 Å². The molecular formula is C17H29N3O6Si. The standard InChI is InChI=1S/C17H29N3O6Si/c1-5-6-7-15(21)19-14(16(22)24-11-9-18)8-10-26-20-17(23)25-12-13-27(2,3)4/h5,14H,1,6-8,10-13H2,2-4H3,(H,19,21)(H,20,23). The van der Waals surface area contributed by atoms with Crippen LogP contribution in [0.25, 0.3) is 0 Å². The summed E-state index contributed by atoms with van der Waals surface area (Å²) in [5, 5.41) is 11.0. The highest BCUT2D eigenvalue weighted by Gasteiger charge is 2.22. The fraction of sp³-hybridized carbons (Fsp3) is 0.647. The summed E-state index contributed by atoms with van der Waals surface area (Å²) in [6.45, 7) is 9.86. The minimum Gasteiger partial charge on any atom is -0.449 e. The first-order valence-electron chi connectivity index (χ1n) is 8.68. The Labute approximate surface area is 161 Å². The molecule has 0 aromatic carbocycles. The third-order valence-electron chi connectivity index (χ3n) is 3.22. The Morgan fingerprint density at radius 2 is 1.93 bits per heavy atom. The first kappa shape index (κ1) is 24.6. The van der Waals surface area contributed by atoms with Gasteiger partial charge in [-0.1, -0.05) is 25.7 Å². The van der Waals surface area contributed by atoms with Crippen LogP contribution >= 0.6 is 0 Å². The first-order chi connectivity index (χ1) is 12.7. The molecule has 0 fully saturated rings. The normalized spacial score (nSPS) is 11.6. The predicted molar refractivity (Wildman–Crippen MR) is 101 cm³/mol. The molecule has 0 heterocycles. The maximum atomic E-state index is 11.9. The van der Waals surface area contributed by atoms with Crippen molar-refractivity contribution < 1.29 is 28.7 Å². The van der Waals surface area contributed by atoms with Gasteiger partial charge in [0.1, 0.15) is 12.1 Å². The molecule has 0 saturated heterocycles. The molecule has 0 aliphatic rings. The topological polar surface area (TPSA) is 127 Å². The quantitative estimate of drug-likeness (QED) is 0.159. The molecule has 0 aromatic heterocycles. The summed E-state index contributed by atoms with van der Waals surface area (Å²) in [7, 11) is -1.29. The van der Waals surface area contributed by atoms with E-state index >= 15 is 0 Å². The second-order valence-electron chi connectivity index (χ2n) is 6.90. The monoisotopic (exact) mass is 399 g/mol. The molecule has 0 aliphatic heterocycles. The number of nitriles is 1. The van der Waals surface area contributed by atoms with Gasteiger partial charge in [0.05, 0.1) is 13.2 Å². The van der Waals surface area contributed by atoms with E-state index < -0.39 is 32.8 Å². The lowest BCUT2D eigenvalue weighted by Crippen LogP contribution is -2.43. The molecule has 0 aromatic rings. The van der Waals surface area contributed by atoms with Crippen molar-refractivity contribution in [3.8, 4) is 6.07 Å². The van der Waals surface area contributed by atoms with Crippen LogP contribution in [0, 0.1) is 11.3 Å². The Hall–Kier alpha value is -2.38. The van der Waals surface area contributed by atoms with Crippen LogP contribution in [0.5, 0.6) is 0 Å². The third-order valence-corrected chi connectivity index (χ3v) is 4.93. The average Bonchev–Trinajstić information content (AvgIpc) is 2.59. The zero-order chi connectivity index (χ0) is 20.7. The zero-order valence-corrected chi connectivity index (χ0v) is 17.2. The highest BCUT2D eigenvalue weighted by atomic mass is 28.3. The van der Waals surface area contributed by atoms with E-state index in [1.54, 1.807) is 12.1 Å². The fourth-order valence-corrected chi connectivity index (χ4v) is 2.43. The van der Waals surface area contributed by atoms with E-state index in [0.717, 1.165) is 6.04 Å². The SMILES string of the molecule is C=CCCC(=O)NC(CCONC(=O)OCC[Si](C)(C)C)C(=O)OCC#N. The van der Waals surface area contributed by atoms with Gasteiger partial charge in [-0.05, 0) is 12.5 Å². The van der Waals surface area contributed by atoms with E-state index in [2.05, 4.69) is 37.0 Å². The molecule has 0 spiro atoms. The van der Waals surface area contributed by atoms with Crippen molar-refractivity contribution in [1.82, 2.24) is 10.8 Å². The minimum atomic E-state index is -1.29. The van der Waals surface area contributed by atoms with Crippen LogP contribution < -0.4 is 10.8 Å². The number of hydrogen-bond donors (Lipinski definition) is 2. The van der Waals surface area contributed by atoms with Gasteiger partial charge in [0.2, 0.25) is 5.91 Å². The fourth-order valence-electron chi connectivity index (χ4n) is 1.72. The second kappa shape index (κ2) is 13.8. The van der Waals surface area contributed by atoms with Crippen LogP contribution in [0.4, 0.5) is 4.79 Å². The van der Waals surface area contributed by atoms with Gasteiger partial charge in [0.25, 0.3) is 0 Å². The summed E-state index contributed by atoms with van der Waals surface area (Å²) in [5.74, 6) is -1.10. The largest absolute Gasteiger partial charge is 0.449 e. The van der Waals surface area contributed by atoms with Gasteiger partial charge in [-0.2, -0.15) is 10.7 Å². The molecule has 0 saturated carbocycles. The van der Waals surface area contributed by atoms with Gasteiger partial charge in [0.15, 0.2) is 6.61 Å². The summed E-state index contributed by atoms with van der Waals surface area (Å²) in [4.78, 5) is 40.1. The molecule has 0 aliphatic carbocycles. The number of ether oxygens (including phenoxy) is 2. The maximum absolute atomic E-state index is 11.9. The molecule has 1 unspecified atom stereocenters. The maximum Gasteiger partial charge on any atom is 0.431 e. The molecule has 10 heteroatoms. The Balaban J connectivity index is 4.28. The van der Waals surface area contributed by atoms with E-state index in [4.69, 9.17) is 19.6 Å². The second-order valence-corrected chi connectivity index (χ2v) is 12.5. The van der Waals surface area contributed by atoms with Crippen LogP contribution in [0.3, 0.4) is 0 Å². The first-order valence-corrected chi connectivity index (χ1v) is 12.4.